The first-order chi connectivity index (χ1) is 13.7. The lowest BCUT2D eigenvalue weighted by Crippen LogP contribution is -2.30. The van der Waals surface area contributed by atoms with E-state index >= 15 is 0 Å². The third kappa shape index (κ3) is 3.77. The fourth-order valence-corrected chi connectivity index (χ4v) is 3.71. The van der Waals surface area contributed by atoms with Crippen molar-refractivity contribution < 1.29 is 18.7 Å². The molecular weight excluding hydrogens is 355 g/mol. The van der Waals surface area contributed by atoms with Gasteiger partial charge >= 0.3 is 5.97 Å². The van der Waals surface area contributed by atoms with Crippen molar-refractivity contribution in [2.24, 2.45) is 0 Å². The van der Waals surface area contributed by atoms with Crippen LogP contribution in [0.5, 0.6) is 11.5 Å². The molecular formula is C24H21FO3. The van der Waals surface area contributed by atoms with Gasteiger partial charge in [-0.3, -0.25) is 0 Å². The van der Waals surface area contributed by atoms with Gasteiger partial charge in [-0.1, -0.05) is 48.5 Å². The second-order valence-electron chi connectivity index (χ2n) is 7.02. The molecule has 0 atom stereocenters. The molecule has 0 bridgehead atoms. The molecule has 3 nitrogen and oxygen atoms in total. The van der Waals surface area contributed by atoms with Crippen LogP contribution in [0.25, 0.3) is 0 Å². The van der Waals surface area contributed by atoms with Gasteiger partial charge in [0.2, 0.25) is 0 Å². The number of benzene rings is 3. The minimum absolute atomic E-state index is 0.0771. The van der Waals surface area contributed by atoms with Crippen molar-refractivity contribution in [3.05, 3.63) is 95.8 Å². The fourth-order valence-electron chi connectivity index (χ4n) is 3.71. The minimum atomic E-state index is -0.565. The third-order valence-corrected chi connectivity index (χ3v) is 5.14. The first-order valence-electron chi connectivity index (χ1n) is 9.48. The van der Waals surface area contributed by atoms with Gasteiger partial charge in [0.05, 0.1) is 5.56 Å². The van der Waals surface area contributed by atoms with Crippen LogP contribution in [0.4, 0.5) is 4.39 Å². The lowest BCUT2D eigenvalue weighted by Gasteiger charge is -2.31. The van der Waals surface area contributed by atoms with Crippen LogP contribution in [-0.4, -0.2) is 5.97 Å². The summed E-state index contributed by atoms with van der Waals surface area (Å²) in [5, 5.41) is 0. The second-order valence-corrected chi connectivity index (χ2v) is 7.02. The first-order valence-corrected chi connectivity index (χ1v) is 9.48. The number of rotatable bonds is 5. The van der Waals surface area contributed by atoms with E-state index in [0.29, 0.717) is 5.75 Å². The molecule has 1 fully saturated rings. The molecule has 0 spiro atoms. The van der Waals surface area contributed by atoms with Crippen molar-refractivity contribution in [2.45, 2.75) is 31.3 Å². The van der Waals surface area contributed by atoms with E-state index in [-0.39, 0.29) is 11.3 Å². The van der Waals surface area contributed by atoms with Gasteiger partial charge in [0.1, 0.15) is 11.4 Å². The topological polar surface area (TPSA) is 35.5 Å². The van der Waals surface area contributed by atoms with Gasteiger partial charge in [-0.2, -0.15) is 0 Å². The molecule has 4 heteroatoms. The van der Waals surface area contributed by atoms with Gasteiger partial charge in [0.15, 0.2) is 11.6 Å². The van der Waals surface area contributed by atoms with Crippen molar-refractivity contribution in [2.75, 3.05) is 0 Å². The normalized spacial score (nSPS) is 15.2. The van der Waals surface area contributed by atoms with E-state index in [1.165, 1.54) is 18.2 Å². The van der Waals surface area contributed by atoms with Crippen LogP contribution >= 0.6 is 0 Å². The molecule has 142 valence electrons. The summed E-state index contributed by atoms with van der Waals surface area (Å²) in [6.07, 6.45) is 3.67. The highest BCUT2D eigenvalue weighted by molar-refractivity contribution is 5.91. The maximum atomic E-state index is 14.5. The van der Waals surface area contributed by atoms with Gasteiger partial charge in [-0.15, -0.1) is 0 Å². The Morgan fingerprint density at radius 1 is 0.857 bits per heavy atom. The Hall–Kier alpha value is -3.14. The Morgan fingerprint density at radius 2 is 1.50 bits per heavy atom. The number of para-hydroxylation sites is 1. The van der Waals surface area contributed by atoms with Gasteiger partial charge in [-0.25, -0.2) is 9.18 Å². The molecule has 3 aromatic rings. The Bertz CT molecular complexity index is 948. The number of hydrogen-bond donors (Lipinski definition) is 0. The van der Waals surface area contributed by atoms with Crippen LogP contribution in [0, 0.1) is 5.82 Å². The number of carbonyl (C=O) groups is 1. The Labute approximate surface area is 163 Å². The summed E-state index contributed by atoms with van der Waals surface area (Å²) in [7, 11) is 0. The molecule has 0 saturated heterocycles. The zero-order chi connectivity index (χ0) is 19.4. The van der Waals surface area contributed by atoms with E-state index in [2.05, 4.69) is 0 Å². The zero-order valence-electron chi connectivity index (χ0n) is 15.4. The second kappa shape index (κ2) is 7.85. The van der Waals surface area contributed by atoms with Crippen molar-refractivity contribution in [1.29, 1.82) is 0 Å². The van der Waals surface area contributed by atoms with E-state index in [4.69, 9.17) is 9.47 Å². The van der Waals surface area contributed by atoms with Crippen LogP contribution < -0.4 is 9.47 Å². The molecule has 1 aliphatic rings. The Kier molecular flexibility index (Phi) is 5.11. The summed E-state index contributed by atoms with van der Waals surface area (Å²) in [4.78, 5) is 12.5. The van der Waals surface area contributed by atoms with E-state index in [1.807, 2.05) is 36.4 Å². The quantitative estimate of drug-likeness (QED) is 0.411. The van der Waals surface area contributed by atoms with Gasteiger partial charge in [-0.05, 0) is 61.6 Å². The largest absolute Gasteiger partial charge is 0.479 e. The van der Waals surface area contributed by atoms with Crippen molar-refractivity contribution >= 4 is 5.97 Å². The lowest BCUT2D eigenvalue weighted by atomic mass is 9.92. The highest BCUT2D eigenvalue weighted by atomic mass is 19.1. The molecule has 0 heterocycles. The minimum Gasteiger partial charge on any atom is -0.479 e. The molecule has 1 saturated carbocycles. The lowest BCUT2D eigenvalue weighted by molar-refractivity contribution is 0.0671. The molecule has 0 aliphatic heterocycles. The molecule has 3 aromatic carbocycles. The molecule has 0 amide bonds. The maximum absolute atomic E-state index is 14.5. The number of esters is 1. The van der Waals surface area contributed by atoms with Crippen molar-refractivity contribution in [1.82, 2.24) is 0 Å². The summed E-state index contributed by atoms with van der Waals surface area (Å²) < 4.78 is 26.1. The monoisotopic (exact) mass is 376 g/mol. The van der Waals surface area contributed by atoms with Crippen molar-refractivity contribution in [3.8, 4) is 11.5 Å². The zero-order valence-corrected chi connectivity index (χ0v) is 15.4. The number of hydrogen-bond acceptors (Lipinski definition) is 3. The molecule has 0 unspecified atom stereocenters. The summed E-state index contributed by atoms with van der Waals surface area (Å²) in [5.41, 5.74) is 0.718. The molecule has 4 rings (SSSR count). The summed E-state index contributed by atoms with van der Waals surface area (Å²) in [6.45, 7) is 0. The standard InChI is InChI=1S/C24H21FO3/c25-21-14-13-18(23(26)27-20-11-5-2-6-12-20)17-22(21)28-24(15-7-8-16-24)19-9-3-1-4-10-19/h1-6,9-14,17H,7-8,15-16H2. The van der Waals surface area contributed by atoms with E-state index in [0.717, 1.165) is 31.2 Å². The Morgan fingerprint density at radius 3 is 2.18 bits per heavy atom. The van der Waals surface area contributed by atoms with Crippen molar-refractivity contribution in [3.63, 3.8) is 0 Å². The Balaban J connectivity index is 1.61. The van der Waals surface area contributed by atoms with Crippen LogP contribution in [0.15, 0.2) is 78.9 Å². The molecule has 1 aliphatic carbocycles. The maximum Gasteiger partial charge on any atom is 0.343 e. The summed E-state index contributed by atoms with van der Waals surface area (Å²) >= 11 is 0. The van der Waals surface area contributed by atoms with Gasteiger partial charge < -0.3 is 9.47 Å². The smallest absolute Gasteiger partial charge is 0.343 e. The predicted octanol–water partition coefficient (Wildman–Crippen LogP) is 5.89. The fraction of sp³-hybridized carbons (Fsp3) is 0.208. The summed E-state index contributed by atoms with van der Waals surface area (Å²) in [6, 6.07) is 22.8. The SMILES string of the molecule is O=C(Oc1ccccc1)c1ccc(F)c(OC2(c3ccccc3)CCCC2)c1. The third-order valence-electron chi connectivity index (χ3n) is 5.14. The van der Waals surface area contributed by atoms with E-state index in [1.54, 1.807) is 24.3 Å². The van der Waals surface area contributed by atoms with Gasteiger partial charge in [0.25, 0.3) is 0 Å². The van der Waals surface area contributed by atoms with Crippen LogP contribution in [0.2, 0.25) is 0 Å². The first kappa shape index (κ1) is 18.2. The molecule has 0 N–H and O–H groups in total. The van der Waals surface area contributed by atoms with E-state index < -0.39 is 17.4 Å². The van der Waals surface area contributed by atoms with Gasteiger partial charge in [0, 0.05) is 0 Å². The number of halogens is 1. The molecule has 28 heavy (non-hydrogen) atoms. The van der Waals surface area contributed by atoms with Crippen LogP contribution in [0.1, 0.15) is 41.6 Å². The average molecular weight is 376 g/mol. The van der Waals surface area contributed by atoms with Crippen LogP contribution in [-0.2, 0) is 5.60 Å². The number of carbonyl (C=O) groups excluding carboxylic acids is 1. The summed E-state index contributed by atoms with van der Waals surface area (Å²) in [5.74, 6) is -0.515. The molecule has 0 aromatic heterocycles. The average Bonchev–Trinajstić information content (AvgIpc) is 3.21. The number of ether oxygens (including phenoxy) is 2. The predicted molar refractivity (Wildman–Crippen MR) is 105 cm³/mol. The highest BCUT2D eigenvalue weighted by Crippen LogP contribution is 2.43. The highest BCUT2D eigenvalue weighted by Gasteiger charge is 2.38. The van der Waals surface area contributed by atoms with E-state index in [9.17, 15) is 9.18 Å². The molecule has 0 radical (unpaired) electrons. The van der Waals surface area contributed by atoms with Crippen LogP contribution in [0.3, 0.4) is 0 Å².